The Labute approximate surface area is 221 Å². The van der Waals surface area contributed by atoms with Crippen LogP contribution in [0.5, 0.6) is 0 Å². The SMILES string of the molecule is C[C@@H]1CN(C(=O)c2cc(Cc3n[nH]c(=O)c4c3CCCC4)ccc2F)CCN1C(=O)C(=O)C1CCCCC1. The Morgan fingerprint density at radius 3 is 2.50 bits per heavy atom. The van der Waals surface area contributed by atoms with Gasteiger partial charge in [-0.15, -0.1) is 0 Å². The first-order valence-electron chi connectivity index (χ1n) is 13.8. The molecular formula is C29H35FN4O4. The van der Waals surface area contributed by atoms with Crippen LogP contribution in [-0.4, -0.2) is 63.3 Å². The number of carbonyl (C=O) groups excluding carboxylic acids is 3. The van der Waals surface area contributed by atoms with E-state index >= 15 is 0 Å². The maximum atomic E-state index is 14.8. The Balaban J connectivity index is 1.28. The molecule has 0 radical (unpaired) electrons. The summed E-state index contributed by atoms with van der Waals surface area (Å²) < 4.78 is 14.8. The summed E-state index contributed by atoms with van der Waals surface area (Å²) in [4.78, 5) is 54.4. The van der Waals surface area contributed by atoms with E-state index in [9.17, 15) is 23.6 Å². The highest BCUT2D eigenvalue weighted by atomic mass is 19.1. The Bertz CT molecular complexity index is 1300. The van der Waals surface area contributed by atoms with Crippen molar-refractivity contribution >= 4 is 17.6 Å². The van der Waals surface area contributed by atoms with E-state index in [2.05, 4.69) is 10.2 Å². The normalized spacial score (nSPS) is 20.2. The number of rotatable bonds is 5. The first-order valence-corrected chi connectivity index (χ1v) is 13.8. The molecule has 1 aromatic heterocycles. The summed E-state index contributed by atoms with van der Waals surface area (Å²) in [7, 11) is 0. The van der Waals surface area contributed by atoms with Crippen LogP contribution in [-0.2, 0) is 28.9 Å². The number of carbonyl (C=O) groups is 3. The van der Waals surface area contributed by atoms with Gasteiger partial charge in [-0.05, 0) is 68.7 Å². The largest absolute Gasteiger partial charge is 0.335 e. The molecule has 0 spiro atoms. The van der Waals surface area contributed by atoms with Gasteiger partial charge in [0.05, 0.1) is 11.3 Å². The van der Waals surface area contributed by atoms with E-state index in [1.165, 1.54) is 6.07 Å². The maximum absolute atomic E-state index is 14.8. The predicted molar refractivity (Wildman–Crippen MR) is 139 cm³/mol. The van der Waals surface area contributed by atoms with Crippen molar-refractivity contribution in [1.29, 1.82) is 0 Å². The molecule has 2 aromatic rings. The van der Waals surface area contributed by atoms with Gasteiger partial charge in [0.15, 0.2) is 0 Å². The molecule has 1 N–H and O–H groups in total. The Kier molecular flexibility index (Phi) is 7.72. The second-order valence-corrected chi connectivity index (χ2v) is 11.0. The van der Waals surface area contributed by atoms with E-state index in [-0.39, 0.29) is 48.5 Å². The van der Waals surface area contributed by atoms with Crippen molar-refractivity contribution in [2.24, 2.45) is 5.92 Å². The molecule has 1 aliphatic heterocycles. The molecule has 3 aliphatic rings. The number of aromatic amines is 1. The Morgan fingerprint density at radius 2 is 1.76 bits per heavy atom. The molecule has 2 heterocycles. The molecular weight excluding hydrogens is 487 g/mol. The molecule has 202 valence electrons. The molecule has 1 aromatic carbocycles. The molecule has 8 nitrogen and oxygen atoms in total. The Hall–Kier alpha value is -3.36. The second kappa shape index (κ2) is 11.2. The number of halogens is 1. The molecule has 0 bridgehead atoms. The van der Waals surface area contributed by atoms with Gasteiger partial charge in [0.1, 0.15) is 5.82 Å². The molecule has 2 fully saturated rings. The first-order chi connectivity index (χ1) is 18.3. The number of H-pyrrole nitrogens is 1. The molecule has 0 unspecified atom stereocenters. The van der Waals surface area contributed by atoms with Crippen molar-refractivity contribution in [3.63, 3.8) is 0 Å². The van der Waals surface area contributed by atoms with Crippen molar-refractivity contribution in [3.05, 3.63) is 62.3 Å². The lowest BCUT2D eigenvalue weighted by Gasteiger charge is -2.40. The van der Waals surface area contributed by atoms with E-state index < -0.39 is 17.6 Å². The van der Waals surface area contributed by atoms with Crippen LogP contribution in [0.15, 0.2) is 23.0 Å². The second-order valence-electron chi connectivity index (χ2n) is 11.0. The van der Waals surface area contributed by atoms with Crippen molar-refractivity contribution in [2.45, 2.75) is 77.2 Å². The van der Waals surface area contributed by atoms with Crippen molar-refractivity contribution in [2.75, 3.05) is 19.6 Å². The van der Waals surface area contributed by atoms with Gasteiger partial charge in [0.2, 0.25) is 5.78 Å². The third kappa shape index (κ3) is 5.28. The number of piperazine rings is 1. The molecule has 1 atom stereocenters. The van der Waals surface area contributed by atoms with Crippen LogP contribution in [0.2, 0.25) is 0 Å². The number of amides is 2. The third-order valence-corrected chi connectivity index (χ3v) is 8.38. The minimum Gasteiger partial charge on any atom is -0.335 e. The van der Waals surface area contributed by atoms with Gasteiger partial charge in [0.25, 0.3) is 17.4 Å². The van der Waals surface area contributed by atoms with Crippen molar-refractivity contribution in [3.8, 4) is 0 Å². The molecule has 2 amide bonds. The lowest BCUT2D eigenvalue weighted by Crippen LogP contribution is -2.57. The summed E-state index contributed by atoms with van der Waals surface area (Å²) >= 11 is 0. The minimum atomic E-state index is -0.603. The van der Waals surface area contributed by atoms with Gasteiger partial charge in [-0.25, -0.2) is 9.49 Å². The number of nitrogens with zero attached hydrogens (tertiary/aromatic N) is 3. The van der Waals surface area contributed by atoms with Crippen molar-refractivity contribution < 1.29 is 18.8 Å². The topological polar surface area (TPSA) is 103 Å². The van der Waals surface area contributed by atoms with E-state index in [1.807, 2.05) is 6.92 Å². The average molecular weight is 523 g/mol. The lowest BCUT2D eigenvalue weighted by atomic mass is 9.85. The number of ketones is 1. The van der Waals surface area contributed by atoms with Crippen LogP contribution in [0.4, 0.5) is 4.39 Å². The van der Waals surface area contributed by atoms with Crippen LogP contribution in [0.1, 0.15) is 84.6 Å². The monoisotopic (exact) mass is 522 g/mol. The van der Waals surface area contributed by atoms with Gasteiger partial charge in [-0.3, -0.25) is 19.2 Å². The predicted octanol–water partition coefficient (Wildman–Crippen LogP) is 3.20. The highest BCUT2D eigenvalue weighted by Gasteiger charge is 2.36. The van der Waals surface area contributed by atoms with E-state index in [0.29, 0.717) is 6.42 Å². The molecule has 5 rings (SSSR count). The zero-order valence-electron chi connectivity index (χ0n) is 21.9. The summed E-state index contributed by atoms with van der Waals surface area (Å²) in [5.41, 5.74) is 3.07. The number of Topliss-reactive ketones (excluding diaryl/α,β-unsaturated/α-hetero) is 1. The number of aromatic nitrogens is 2. The molecule has 2 aliphatic carbocycles. The van der Waals surface area contributed by atoms with Crippen LogP contribution in [0.3, 0.4) is 0 Å². The number of benzene rings is 1. The number of hydrogen-bond acceptors (Lipinski definition) is 5. The minimum absolute atomic E-state index is 0.0222. The quantitative estimate of drug-likeness (QED) is 0.608. The van der Waals surface area contributed by atoms with E-state index in [4.69, 9.17) is 0 Å². The van der Waals surface area contributed by atoms with E-state index in [1.54, 1.807) is 21.9 Å². The van der Waals surface area contributed by atoms with Gasteiger partial charge in [0, 0.05) is 43.6 Å². The van der Waals surface area contributed by atoms with Gasteiger partial charge >= 0.3 is 0 Å². The van der Waals surface area contributed by atoms with Crippen LogP contribution >= 0.6 is 0 Å². The summed E-state index contributed by atoms with van der Waals surface area (Å²) in [6.45, 7) is 2.55. The van der Waals surface area contributed by atoms with Gasteiger partial charge in [-0.2, -0.15) is 5.10 Å². The summed E-state index contributed by atoms with van der Waals surface area (Å²) in [5.74, 6) is -2.00. The fourth-order valence-electron chi connectivity index (χ4n) is 6.21. The average Bonchev–Trinajstić information content (AvgIpc) is 2.95. The highest BCUT2D eigenvalue weighted by Crippen LogP contribution is 2.26. The maximum Gasteiger partial charge on any atom is 0.290 e. The number of nitrogens with one attached hydrogen (secondary N) is 1. The zero-order chi connectivity index (χ0) is 26.8. The first kappa shape index (κ1) is 26.3. The smallest absolute Gasteiger partial charge is 0.290 e. The molecule has 1 saturated heterocycles. The van der Waals surface area contributed by atoms with Crippen LogP contribution in [0, 0.1) is 11.7 Å². The van der Waals surface area contributed by atoms with Crippen LogP contribution < -0.4 is 5.56 Å². The van der Waals surface area contributed by atoms with Crippen LogP contribution in [0.25, 0.3) is 0 Å². The van der Waals surface area contributed by atoms with Gasteiger partial charge in [-0.1, -0.05) is 25.3 Å². The number of fused-ring (bicyclic) bond motifs is 1. The summed E-state index contributed by atoms with van der Waals surface area (Å²) in [6.07, 6.45) is 8.48. The zero-order valence-corrected chi connectivity index (χ0v) is 21.9. The molecule has 1 saturated carbocycles. The number of hydrogen-bond donors (Lipinski definition) is 1. The standard InChI is InChI=1S/C29H35FN4O4/c1-18-17-33(13-14-34(18)29(38)26(35)20-7-3-2-4-8-20)28(37)23-15-19(11-12-24(23)30)16-25-21-9-5-6-10-22(21)27(36)32-31-25/h11-12,15,18,20H,2-10,13-14,16-17H2,1H3,(H,32,36)/t18-/m1/s1. The van der Waals surface area contributed by atoms with Crippen molar-refractivity contribution in [1.82, 2.24) is 20.0 Å². The Morgan fingerprint density at radius 1 is 1.03 bits per heavy atom. The fraction of sp³-hybridized carbons (Fsp3) is 0.552. The fourth-order valence-corrected chi connectivity index (χ4v) is 6.21. The molecule has 38 heavy (non-hydrogen) atoms. The lowest BCUT2D eigenvalue weighted by molar-refractivity contribution is -0.149. The van der Waals surface area contributed by atoms with E-state index in [0.717, 1.165) is 80.2 Å². The summed E-state index contributed by atoms with van der Waals surface area (Å²) in [6, 6.07) is 4.17. The highest BCUT2D eigenvalue weighted by molar-refractivity contribution is 6.37. The third-order valence-electron chi connectivity index (χ3n) is 8.38. The molecule has 9 heteroatoms. The van der Waals surface area contributed by atoms with Gasteiger partial charge < -0.3 is 9.80 Å². The summed E-state index contributed by atoms with van der Waals surface area (Å²) in [5, 5.41) is 6.85.